The van der Waals surface area contributed by atoms with E-state index in [2.05, 4.69) is 21.3 Å². The van der Waals surface area contributed by atoms with E-state index < -0.39 is 6.17 Å². The van der Waals surface area contributed by atoms with E-state index in [1.807, 2.05) is 47.4 Å². The summed E-state index contributed by atoms with van der Waals surface area (Å²) >= 11 is 12.1. The van der Waals surface area contributed by atoms with E-state index >= 15 is 0 Å². The number of anilines is 2. The van der Waals surface area contributed by atoms with Crippen molar-refractivity contribution < 1.29 is 4.79 Å². The van der Waals surface area contributed by atoms with Crippen molar-refractivity contribution in [3.63, 3.8) is 0 Å². The summed E-state index contributed by atoms with van der Waals surface area (Å²) < 4.78 is 0. The molecular weight excluding hydrogens is 506 g/mol. The number of carbonyl (C=O) groups excluding carboxylic acids is 1. The number of pyridine rings is 1. The van der Waals surface area contributed by atoms with Gasteiger partial charge in [0.25, 0.3) is 5.91 Å². The number of aliphatic imine (C=N–C) groups is 1. The molecule has 2 aromatic carbocycles. The summed E-state index contributed by atoms with van der Waals surface area (Å²) in [6.45, 7) is 2.53. The minimum Gasteiger partial charge on any atom is -0.352 e. The Labute approximate surface area is 225 Å². The molecule has 3 aromatic rings. The van der Waals surface area contributed by atoms with Gasteiger partial charge in [0.1, 0.15) is 11.9 Å². The molecule has 1 unspecified atom stereocenters. The van der Waals surface area contributed by atoms with Crippen LogP contribution in [0.3, 0.4) is 0 Å². The Hall–Kier alpha value is -4.00. The van der Waals surface area contributed by atoms with E-state index in [1.54, 1.807) is 36.3 Å². The third-order valence-electron chi connectivity index (χ3n) is 6.48. The van der Waals surface area contributed by atoms with E-state index in [-0.39, 0.29) is 5.91 Å². The first kappa shape index (κ1) is 24.7. The molecule has 0 saturated carbocycles. The second kappa shape index (κ2) is 10.5. The van der Waals surface area contributed by atoms with Crippen LogP contribution in [0.15, 0.2) is 71.9 Å². The van der Waals surface area contributed by atoms with E-state index in [0.29, 0.717) is 53.4 Å². The van der Waals surface area contributed by atoms with E-state index in [0.717, 1.165) is 16.8 Å². The lowest BCUT2D eigenvalue weighted by atomic mass is 10.0. The van der Waals surface area contributed by atoms with Crippen molar-refractivity contribution in [1.82, 2.24) is 15.2 Å². The van der Waals surface area contributed by atoms with Crippen LogP contribution >= 0.6 is 23.8 Å². The number of piperazine rings is 1. The second-order valence-electron chi connectivity index (χ2n) is 8.71. The van der Waals surface area contributed by atoms with Gasteiger partial charge in [0, 0.05) is 55.6 Å². The molecule has 0 bridgehead atoms. The van der Waals surface area contributed by atoms with Crippen LogP contribution in [-0.4, -0.2) is 66.0 Å². The SMILES string of the molecule is CN1C(=O)C(NC(=S)N2CCN(c3ncccc3C#N)CC2)N=C(c2ccccc2)c2cc(Cl)ccc21. The largest absolute Gasteiger partial charge is 0.352 e. The van der Waals surface area contributed by atoms with Crippen LogP contribution in [0.4, 0.5) is 11.5 Å². The predicted molar refractivity (Wildman–Crippen MR) is 149 cm³/mol. The fourth-order valence-corrected chi connectivity index (χ4v) is 5.00. The monoisotopic (exact) mass is 529 g/mol. The van der Waals surface area contributed by atoms with E-state index in [1.165, 1.54) is 0 Å². The molecule has 1 fully saturated rings. The van der Waals surface area contributed by atoms with Crippen molar-refractivity contribution >= 4 is 52.1 Å². The lowest BCUT2D eigenvalue weighted by Crippen LogP contribution is -2.55. The number of amides is 1. The van der Waals surface area contributed by atoms with Gasteiger partial charge in [-0.05, 0) is 42.5 Å². The molecule has 10 heteroatoms. The number of benzene rings is 2. The number of thiocarbonyl (C=S) groups is 1. The number of hydrogen-bond acceptors (Lipinski definition) is 6. The van der Waals surface area contributed by atoms with Gasteiger partial charge in [-0.2, -0.15) is 5.26 Å². The summed E-state index contributed by atoms with van der Waals surface area (Å²) in [5, 5.41) is 13.6. The summed E-state index contributed by atoms with van der Waals surface area (Å²) in [6, 6.07) is 20.9. The number of hydrogen-bond donors (Lipinski definition) is 1. The number of nitrogens with one attached hydrogen (secondary N) is 1. The molecule has 3 heterocycles. The number of nitriles is 1. The Kier molecular flexibility index (Phi) is 7.04. The Balaban J connectivity index is 1.38. The van der Waals surface area contributed by atoms with Crippen LogP contribution < -0.4 is 15.1 Å². The molecule has 1 atom stereocenters. The third-order valence-corrected chi connectivity index (χ3v) is 7.09. The molecule has 1 aromatic heterocycles. The van der Waals surface area contributed by atoms with Gasteiger partial charge in [0.2, 0.25) is 6.17 Å². The molecule has 2 aliphatic rings. The summed E-state index contributed by atoms with van der Waals surface area (Å²) in [4.78, 5) is 28.4. The molecule has 186 valence electrons. The normalized spacial score (nSPS) is 17.4. The first-order valence-corrected chi connectivity index (χ1v) is 12.6. The van der Waals surface area contributed by atoms with Gasteiger partial charge in [-0.3, -0.25) is 4.79 Å². The van der Waals surface area contributed by atoms with Gasteiger partial charge in [0.05, 0.1) is 17.0 Å². The zero-order valence-corrected chi connectivity index (χ0v) is 21.7. The number of likely N-dealkylation sites (N-methyl/N-ethyl adjacent to an activating group) is 1. The molecule has 0 aliphatic carbocycles. The van der Waals surface area contributed by atoms with Gasteiger partial charge < -0.3 is 20.0 Å². The fourth-order valence-electron chi connectivity index (χ4n) is 4.53. The summed E-state index contributed by atoms with van der Waals surface area (Å²) in [5.41, 5.74) is 3.60. The molecule has 37 heavy (non-hydrogen) atoms. The first-order chi connectivity index (χ1) is 18.0. The highest BCUT2D eigenvalue weighted by Gasteiger charge is 2.32. The standard InChI is InChI=1S/C27H24ClN7OS/c1-33-22-10-9-20(28)16-21(22)23(18-6-3-2-4-7-18)31-24(26(33)36)32-27(37)35-14-12-34(13-15-35)25-19(17-29)8-5-11-30-25/h2-11,16,24H,12-15H2,1H3,(H,32,37). The summed E-state index contributed by atoms with van der Waals surface area (Å²) in [7, 11) is 1.73. The molecule has 1 N–H and O–H groups in total. The molecule has 0 radical (unpaired) electrons. The topological polar surface area (TPSA) is 87.9 Å². The number of halogens is 1. The van der Waals surface area contributed by atoms with Crippen LogP contribution in [-0.2, 0) is 4.79 Å². The van der Waals surface area contributed by atoms with Crippen LogP contribution in [0.5, 0.6) is 0 Å². The van der Waals surface area contributed by atoms with Gasteiger partial charge >= 0.3 is 0 Å². The number of rotatable bonds is 3. The van der Waals surface area contributed by atoms with Crippen molar-refractivity contribution in [2.75, 3.05) is 43.0 Å². The lowest BCUT2D eigenvalue weighted by Gasteiger charge is -2.37. The number of carbonyl (C=O) groups is 1. The molecule has 1 saturated heterocycles. The van der Waals surface area contributed by atoms with Crippen molar-refractivity contribution in [2.24, 2.45) is 4.99 Å². The number of nitrogens with zero attached hydrogens (tertiary/aromatic N) is 6. The highest BCUT2D eigenvalue weighted by molar-refractivity contribution is 7.80. The smallest absolute Gasteiger partial charge is 0.272 e. The molecule has 1 amide bonds. The van der Waals surface area contributed by atoms with Gasteiger partial charge in [-0.15, -0.1) is 0 Å². The predicted octanol–water partition coefficient (Wildman–Crippen LogP) is 3.44. The zero-order valence-electron chi connectivity index (χ0n) is 20.1. The number of aromatic nitrogens is 1. The molecule has 2 aliphatic heterocycles. The maximum absolute atomic E-state index is 13.5. The third kappa shape index (κ3) is 4.99. The van der Waals surface area contributed by atoms with Crippen molar-refractivity contribution in [2.45, 2.75) is 6.17 Å². The molecule has 0 spiro atoms. The maximum atomic E-state index is 13.5. The molecule has 5 rings (SSSR count). The van der Waals surface area contributed by atoms with Crippen molar-refractivity contribution in [1.29, 1.82) is 5.26 Å². The van der Waals surface area contributed by atoms with Gasteiger partial charge in [-0.1, -0.05) is 41.9 Å². The maximum Gasteiger partial charge on any atom is 0.272 e. The minimum absolute atomic E-state index is 0.220. The highest BCUT2D eigenvalue weighted by Crippen LogP contribution is 2.30. The lowest BCUT2D eigenvalue weighted by molar-refractivity contribution is -0.119. The molecular formula is C27H24ClN7OS. The van der Waals surface area contributed by atoms with Crippen LogP contribution in [0.2, 0.25) is 5.02 Å². The Bertz CT molecular complexity index is 1410. The Morgan fingerprint density at radius 2 is 1.86 bits per heavy atom. The van der Waals surface area contributed by atoms with E-state index in [9.17, 15) is 10.1 Å². The second-order valence-corrected chi connectivity index (χ2v) is 9.54. The van der Waals surface area contributed by atoms with Crippen LogP contribution in [0.1, 0.15) is 16.7 Å². The zero-order chi connectivity index (χ0) is 25.9. The first-order valence-electron chi connectivity index (χ1n) is 11.8. The average molecular weight is 530 g/mol. The van der Waals surface area contributed by atoms with Gasteiger partial charge in [0.15, 0.2) is 5.11 Å². The van der Waals surface area contributed by atoms with Crippen molar-refractivity contribution in [3.05, 3.63) is 88.6 Å². The quantitative estimate of drug-likeness (QED) is 0.520. The average Bonchev–Trinajstić information content (AvgIpc) is 3.03. The minimum atomic E-state index is -0.905. The van der Waals surface area contributed by atoms with Gasteiger partial charge in [-0.25, -0.2) is 9.98 Å². The number of fused-ring (bicyclic) bond motifs is 1. The summed E-state index contributed by atoms with van der Waals surface area (Å²) in [6.07, 6.45) is 0.786. The molecule has 8 nitrogen and oxygen atoms in total. The fraction of sp³-hybridized carbons (Fsp3) is 0.222. The highest BCUT2D eigenvalue weighted by atomic mass is 35.5. The van der Waals surface area contributed by atoms with Crippen LogP contribution in [0, 0.1) is 11.3 Å². The van der Waals surface area contributed by atoms with E-state index in [4.69, 9.17) is 28.8 Å². The Morgan fingerprint density at radius 3 is 2.59 bits per heavy atom. The van der Waals surface area contributed by atoms with Crippen LogP contribution in [0.25, 0.3) is 0 Å². The van der Waals surface area contributed by atoms with Crippen molar-refractivity contribution in [3.8, 4) is 6.07 Å². The summed E-state index contributed by atoms with van der Waals surface area (Å²) in [5.74, 6) is 0.459. The Morgan fingerprint density at radius 1 is 1.11 bits per heavy atom. The number of benzodiazepines with no additional fused rings is 1.